The maximum atomic E-state index is 12.2. The second-order valence-electron chi connectivity index (χ2n) is 5.17. The average Bonchev–Trinajstić information content (AvgIpc) is 2.88. The van der Waals surface area contributed by atoms with Gasteiger partial charge in [0.2, 0.25) is 5.82 Å². The molecule has 2 heterocycles. The van der Waals surface area contributed by atoms with Gasteiger partial charge in [-0.15, -0.1) is 5.10 Å². The molecule has 1 aromatic heterocycles. The van der Waals surface area contributed by atoms with E-state index < -0.39 is 0 Å². The van der Waals surface area contributed by atoms with Crippen LogP contribution in [0.2, 0.25) is 0 Å². The van der Waals surface area contributed by atoms with E-state index in [0.717, 1.165) is 57.6 Å². The van der Waals surface area contributed by atoms with Crippen LogP contribution in [0, 0.1) is 5.92 Å². The predicted molar refractivity (Wildman–Crippen MR) is 72.7 cm³/mol. The monoisotopic (exact) mass is 265 g/mol. The number of likely N-dealkylation sites (tertiary alicyclic amines) is 1. The lowest BCUT2D eigenvalue weighted by molar-refractivity contribution is 0.0676. The summed E-state index contributed by atoms with van der Waals surface area (Å²) in [5, 5.41) is 6.85. The van der Waals surface area contributed by atoms with Crippen molar-refractivity contribution in [3.8, 4) is 0 Å². The lowest BCUT2D eigenvalue weighted by Gasteiger charge is -2.31. The van der Waals surface area contributed by atoms with Crippen molar-refractivity contribution in [3.63, 3.8) is 0 Å². The molecule has 0 unspecified atom stereocenters. The number of amides is 1. The molecule has 1 fully saturated rings. The van der Waals surface area contributed by atoms with E-state index >= 15 is 0 Å². The summed E-state index contributed by atoms with van der Waals surface area (Å²) < 4.78 is 0. The summed E-state index contributed by atoms with van der Waals surface area (Å²) in [6, 6.07) is 0. The third-order valence-electron chi connectivity index (χ3n) is 3.69. The topological polar surface area (TPSA) is 87.9 Å². The van der Waals surface area contributed by atoms with E-state index in [4.69, 9.17) is 5.73 Å². The third kappa shape index (κ3) is 3.53. The lowest BCUT2D eigenvalue weighted by atomic mass is 9.93. The summed E-state index contributed by atoms with van der Waals surface area (Å²) in [6.45, 7) is 4.40. The molecule has 106 valence electrons. The highest BCUT2D eigenvalue weighted by molar-refractivity contribution is 5.90. The van der Waals surface area contributed by atoms with E-state index in [0.29, 0.717) is 11.7 Å². The largest absolute Gasteiger partial charge is 0.336 e. The molecular weight excluding hydrogens is 242 g/mol. The first-order valence-electron chi connectivity index (χ1n) is 7.15. The Morgan fingerprint density at radius 2 is 2.21 bits per heavy atom. The van der Waals surface area contributed by atoms with Crippen molar-refractivity contribution in [1.82, 2.24) is 20.1 Å². The first-order valence-corrected chi connectivity index (χ1v) is 7.15. The number of rotatable bonds is 5. The van der Waals surface area contributed by atoms with Crippen molar-refractivity contribution < 1.29 is 4.79 Å². The van der Waals surface area contributed by atoms with Gasteiger partial charge in [-0.05, 0) is 38.1 Å². The predicted octanol–water partition coefficient (Wildman–Crippen LogP) is 0.958. The quantitative estimate of drug-likeness (QED) is 0.830. The molecule has 2 rings (SSSR count). The minimum atomic E-state index is -0.0511. The Morgan fingerprint density at radius 1 is 1.47 bits per heavy atom. The van der Waals surface area contributed by atoms with Crippen molar-refractivity contribution >= 4 is 5.91 Å². The first kappa shape index (κ1) is 14.0. The zero-order valence-electron chi connectivity index (χ0n) is 11.6. The Labute approximate surface area is 113 Å². The van der Waals surface area contributed by atoms with Gasteiger partial charge >= 0.3 is 0 Å². The van der Waals surface area contributed by atoms with Crippen LogP contribution in [-0.2, 0) is 6.42 Å². The zero-order chi connectivity index (χ0) is 13.7. The summed E-state index contributed by atoms with van der Waals surface area (Å²) >= 11 is 0. The Bertz CT molecular complexity index is 409. The van der Waals surface area contributed by atoms with Crippen LogP contribution in [0.25, 0.3) is 0 Å². The van der Waals surface area contributed by atoms with E-state index in [1.165, 1.54) is 0 Å². The molecule has 6 nitrogen and oxygen atoms in total. The van der Waals surface area contributed by atoms with Crippen molar-refractivity contribution in [1.29, 1.82) is 0 Å². The Balaban J connectivity index is 1.89. The second kappa shape index (κ2) is 6.65. The maximum absolute atomic E-state index is 12.2. The van der Waals surface area contributed by atoms with E-state index in [9.17, 15) is 4.79 Å². The Hall–Kier alpha value is -1.43. The van der Waals surface area contributed by atoms with Crippen LogP contribution in [0.5, 0.6) is 0 Å². The number of nitrogens with zero attached hydrogens (tertiary/aromatic N) is 3. The third-order valence-corrected chi connectivity index (χ3v) is 3.69. The highest BCUT2D eigenvalue weighted by Gasteiger charge is 2.25. The molecule has 0 radical (unpaired) electrons. The molecule has 0 aliphatic carbocycles. The molecule has 1 aliphatic heterocycles. The van der Waals surface area contributed by atoms with Gasteiger partial charge < -0.3 is 10.6 Å². The number of hydrogen-bond acceptors (Lipinski definition) is 4. The SMILES string of the molecule is CCCc1nc(C(=O)N2CCC(CCN)CC2)n[nH]1. The van der Waals surface area contributed by atoms with Gasteiger partial charge in [-0.3, -0.25) is 9.89 Å². The van der Waals surface area contributed by atoms with Gasteiger partial charge in [0.1, 0.15) is 5.82 Å². The molecule has 6 heteroatoms. The molecule has 0 aromatic carbocycles. The summed E-state index contributed by atoms with van der Waals surface area (Å²) in [5.41, 5.74) is 5.57. The number of carbonyl (C=O) groups excluding carboxylic acids is 1. The van der Waals surface area contributed by atoms with Gasteiger partial charge in [0.25, 0.3) is 5.91 Å². The van der Waals surface area contributed by atoms with Crippen LogP contribution in [0.3, 0.4) is 0 Å². The Kier molecular flexibility index (Phi) is 4.90. The summed E-state index contributed by atoms with van der Waals surface area (Å²) in [6.07, 6.45) is 4.96. The van der Waals surface area contributed by atoms with Crippen molar-refractivity contribution in [2.24, 2.45) is 11.7 Å². The molecule has 0 bridgehead atoms. The van der Waals surface area contributed by atoms with Crippen LogP contribution >= 0.6 is 0 Å². The van der Waals surface area contributed by atoms with E-state index in [1.54, 1.807) is 0 Å². The molecular formula is C13H23N5O. The number of carbonyl (C=O) groups is 1. The van der Waals surface area contributed by atoms with Crippen molar-refractivity contribution in [3.05, 3.63) is 11.6 Å². The second-order valence-corrected chi connectivity index (χ2v) is 5.17. The van der Waals surface area contributed by atoms with Crippen LogP contribution in [0.15, 0.2) is 0 Å². The van der Waals surface area contributed by atoms with Crippen LogP contribution < -0.4 is 5.73 Å². The maximum Gasteiger partial charge on any atom is 0.293 e. The summed E-state index contributed by atoms with van der Waals surface area (Å²) in [5.74, 6) is 1.71. The number of nitrogens with one attached hydrogen (secondary N) is 1. The van der Waals surface area contributed by atoms with Crippen molar-refractivity contribution in [2.75, 3.05) is 19.6 Å². The first-order chi connectivity index (χ1) is 9.24. The molecule has 1 amide bonds. The molecule has 19 heavy (non-hydrogen) atoms. The average molecular weight is 265 g/mol. The Morgan fingerprint density at radius 3 is 2.84 bits per heavy atom. The number of H-pyrrole nitrogens is 1. The highest BCUT2D eigenvalue weighted by Crippen LogP contribution is 2.20. The summed E-state index contributed by atoms with van der Waals surface area (Å²) in [4.78, 5) is 18.3. The molecule has 3 N–H and O–H groups in total. The minimum absolute atomic E-state index is 0.0511. The van der Waals surface area contributed by atoms with Crippen LogP contribution in [-0.4, -0.2) is 45.6 Å². The normalized spacial score (nSPS) is 16.8. The van der Waals surface area contributed by atoms with E-state index in [2.05, 4.69) is 22.1 Å². The number of hydrogen-bond donors (Lipinski definition) is 2. The highest BCUT2D eigenvalue weighted by atomic mass is 16.2. The number of aromatic amines is 1. The number of aryl methyl sites for hydroxylation is 1. The number of nitrogens with two attached hydrogens (primary N) is 1. The fourth-order valence-corrected chi connectivity index (χ4v) is 2.54. The van der Waals surface area contributed by atoms with E-state index in [1.807, 2.05) is 4.90 Å². The standard InChI is InChI=1S/C13H23N5O/c1-2-3-11-15-12(17-16-11)13(19)18-8-5-10(4-7-14)6-9-18/h10H,2-9,14H2,1H3,(H,15,16,17). The van der Waals surface area contributed by atoms with Gasteiger partial charge in [-0.25, -0.2) is 4.98 Å². The van der Waals surface area contributed by atoms with Gasteiger partial charge in [0.15, 0.2) is 0 Å². The number of piperidine rings is 1. The van der Waals surface area contributed by atoms with Gasteiger partial charge in [-0.1, -0.05) is 6.92 Å². The molecule has 1 saturated heterocycles. The fraction of sp³-hybridized carbons (Fsp3) is 0.769. The number of aromatic nitrogens is 3. The van der Waals surface area contributed by atoms with E-state index in [-0.39, 0.29) is 5.91 Å². The molecule has 0 saturated carbocycles. The smallest absolute Gasteiger partial charge is 0.293 e. The van der Waals surface area contributed by atoms with Crippen LogP contribution in [0.4, 0.5) is 0 Å². The molecule has 1 aromatic rings. The fourth-order valence-electron chi connectivity index (χ4n) is 2.54. The van der Waals surface area contributed by atoms with Gasteiger partial charge in [-0.2, -0.15) is 0 Å². The minimum Gasteiger partial charge on any atom is -0.336 e. The van der Waals surface area contributed by atoms with Crippen LogP contribution in [0.1, 0.15) is 49.1 Å². The van der Waals surface area contributed by atoms with Gasteiger partial charge in [0, 0.05) is 19.5 Å². The summed E-state index contributed by atoms with van der Waals surface area (Å²) in [7, 11) is 0. The zero-order valence-corrected chi connectivity index (χ0v) is 11.6. The molecule has 0 atom stereocenters. The van der Waals surface area contributed by atoms with Gasteiger partial charge in [0.05, 0.1) is 0 Å². The lowest BCUT2D eigenvalue weighted by Crippen LogP contribution is -2.39. The van der Waals surface area contributed by atoms with Crippen molar-refractivity contribution in [2.45, 2.75) is 39.0 Å². The molecule has 0 spiro atoms. The molecule has 1 aliphatic rings.